The van der Waals surface area contributed by atoms with Crippen LogP contribution < -0.4 is 5.73 Å². The summed E-state index contributed by atoms with van der Waals surface area (Å²) < 4.78 is 0. The molecule has 0 aromatic heterocycles. The molecule has 0 radical (unpaired) electrons. The summed E-state index contributed by atoms with van der Waals surface area (Å²) >= 11 is 6.04. The van der Waals surface area contributed by atoms with Gasteiger partial charge in [-0.05, 0) is 49.4 Å². The molecule has 0 amide bonds. The molecule has 2 N–H and O–H groups in total. The number of nitrogen functional groups attached to an aromatic ring is 1. The molecule has 1 unspecified atom stereocenters. The standard InChI is InChI=1S/C16H19ClN2/c1-12(14-6-4-7-15(17)10-14)19(2)11-13-5-3-8-16(18)9-13/h3-10,12H,11,18H2,1-2H3. The predicted octanol–water partition coefficient (Wildman–Crippen LogP) is 4.12. The predicted molar refractivity (Wildman–Crippen MR) is 82.2 cm³/mol. The van der Waals surface area contributed by atoms with Crippen molar-refractivity contribution >= 4 is 17.3 Å². The van der Waals surface area contributed by atoms with Crippen molar-refractivity contribution in [3.05, 3.63) is 64.7 Å². The lowest BCUT2D eigenvalue weighted by molar-refractivity contribution is 0.253. The smallest absolute Gasteiger partial charge is 0.0409 e. The average Bonchev–Trinajstić information content (AvgIpc) is 2.38. The molecule has 0 saturated carbocycles. The van der Waals surface area contributed by atoms with Crippen molar-refractivity contribution in [2.24, 2.45) is 0 Å². The number of hydrogen-bond acceptors (Lipinski definition) is 2. The zero-order valence-corrected chi connectivity index (χ0v) is 12.1. The van der Waals surface area contributed by atoms with Crippen LogP contribution in [-0.4, -0.2) is 11.9 Å². The van der Waals surface area contributed by atoms with Gasteiger partial charge in [0.25, 0.3) is 0 Å². The fraction of sp³-hybridized carbons (Fsp3) is 0.250. The summed E-state index contributed by atoms with van der Waals surface area (Å²) in [5, 5.41) is 0.779. The third-order valence-corrected chi connectivity index (χ3v) is 3.61. The van der Waals surface area contributed by atoms with Crippen molar-refractivity contribution in [3.8, 4) is 0 Å². The second kappa shape index (κ2) is 6.09. The molecule has 1 atom stereocenters. The Morgan fingerprint density at radius 1 is 1.16 bits per heavy atom. The Morgan fingerprint density at radius 2 is 1.89 bits per heavy atom. The van der Waals surface area contributed by atoms with Crippen molar-refractivity contribution in [3.63, 3.8) is 0 Å². The highest BCUT2D eigenvalue weighted by molar-refractivity contribution is 6.30. The lowest BCUT2D eigenvalue weighted by atomic mass is 10.1. The average molecular weight is 275 g/mol. The van der Waals surface area contributed by atoms with E-state index in [1.54, 1.807) is 0 Å². The second-order valence-corrected chi connectivity index (χ2v) is 5.33. The van der Waals surface area contributed by atoms with Crippen LogP contribution in [0.5, 0.6) is 0 Å². The van der Waals surface area contributed by atoms with Gasteiger partial charge >= 0.3 is 0 Å². The zero-order chi connectivity index (χ0) is 13.8. The third-order valence-electron chi connectivity index (χ3n) is 3.38. The molecule has 0 saturated heterocycles. The Morgan fingerprint density at radius 3 is 2.58 bits per heavy atom. The van der Waals surface area contributed by atoms with Gasteiger partial charge in [0.2, 0.25) is 0 Å². The second-order valence-electron chi connectivity index (χ2n) is 4.89. The van der Waals surface area contributed by atoms with Crippen molar-refractivity contribution in [1.82, 2.24) is 4.90 Å². The number of benzene rings is 2. The maximum atomic E-state index is 6.04. The maximum Gasteiger partial charge on any atom is 0.0409 e. The first-order chi connectivity index (χ1) is 9.06. The topological polar surface area (TPSA) is 29.3 Å². The van der Waals surface area contributed by atoms with E-state index in [1.165, 1.54) is 11.1 Å². The summed E-state index contributed by atoms with van der Waals surface area (Å²) in [6, 6.07) is 16.3. The van der Waals surface area contributed by atoms with Crippen molar-refractivity contribution in [1.29, 1.82) is 0 Å². The van der Waals surface area contributed by atoms with E-state index in [0.717, 1.165) is 17.3 Å². The first-order valence-corrected chi connectivity index (χ1v) is 6.74. The van der Waals surface area contributed by atoms with E-state index in [0.29, 0.717) is 6.04 Å². The Kier molecular flexibility index (Phi) is 4.46. The van der Waals surface area contributed by atoms with E-state index >= 15 is 0 Å². The lowest BCUT2D eigenvalue weighted by Gasteiger charge is -2.25. The van der Waals surface area contributed by atoms with Gasteiger partial charge in [-0.1, -0.05) is 35.9 Å². The summed E-state index contributed by atoms with van der Waals surface area (Å²) in [7, 11) is 2.11. The van der Waals surface area contributed by atoms with Gasteiger partial charge < -0.3 is 5.73 Å². The molecule has 100 valence electrons. The summed E-state index contributed by atoms with van der Waals surface area (Å²) in [5.41, 5.74) is 9.05. The van der Waals surface area contributed by atoms with E-state index in [9.17, 15) is 0 Å². The van der Waals surface area contributed by atoms with Crippen LogP contribution >= 0.6 is 11.6 Å². The number of anilines is 1. The number of rotatable bonds is 4. The number of nitrogens with zero attached hydrogens (tertiary/aromatic N) is 1. The Labute approximate surface area is 119 Å². The molecule has 0 fully saturated rings. The largest absolute Gasteiger partial charge is 0.399 e. The normalized spacial score (nSPS) is 12.6. The quantitative estimate of drug-likeness (QED) is 0.850. The number of nitrogens with two attached hydrogens (primary N) is 1. The van der Waals surface area contributed by atoms with Gasteiger partial charge in [-0.15, -0.1) is 0 Å². The fourth-order valence-corrected chi connectivity index (χ4v) is 2.34. The van der Waals surface area contributed by atoms with E-state index in [-0.39, 0.29) is 0 Å². The van der Waals surface area contributed by atoms with Gasteiger partial charge in [0.1, 0.15) is 0 Å². The van der Waals surface area contributed by atoms with Crippen LogP contribution in [0.3, 0.4) is 0 Å². The molecule has 2 aromatic rings. The van der Waals surface area contributed by atoms with Gasteiger partial charge in [0, 0.05) is 23.3 Å². The molecule has 2 nitrogen and oxygen atoms in total. The summed E-state index contributed by atoms with van der Waals surface area (Å²) in [6.45, 7) is 3.04. The minimum Gasteiger partial charge on any atom is -0.399 e. The molecule has 2 rings (SSSR count). The zero-order valence-electron chi connectivity index (χ0n) is 11.3. The summed E-state index contributed by atoms with van der Waals surface area (Å²) in [6.07, 6.45) is 0. The van der Waals surface area contributed by atoms with E-state index < -0.39 is 0 Å². The molecule has 2 aromatic carbocycles. The minimum absolute atomic E-state index is 0.306. The van der Waals surface area contributed by atoms with Crippen LogP contribution in [0, 0.1) is 0 Å². The first kappa shape index (κ1) is 13.9. The Balaban J connectivity index is 2.09. The Hall–Kier alpha value is -1.51. The van der Waals surface area contributed by atoms with Crippen LogP contribution in [0.2, 0.25) is 5.02 Å². The molecule has 0 heterocycles. The highest BCUT2D eigenvalue weighted by Crippen LogP contribution is 2.23. The highest BCUT2D eigenvalue weighted by atomic mass is 35.5. The van der Waals surface area contributed by atoms with Crippen LogP contribution in [0.25, 0.3) is 0 Å². The molecule has 0 spiro atoms. The van der Waals surface area contributed by atoms with Gasteiger partial charge in [-0.2, -0.15) is 0 Å². The SMILES string of the molecule is CC(c1cccc(Cl)c1)N(C)Cc1cccc(N)c1. The van der Waals surface area contributed by atoms with Gasteiger partial charge in [-0.25, -0.2) is 0 Å². The van der Waals surface area contributed by atoms with Crippen molar-refractivity contribution < 1.29 is 0 Å². The Bertz CT molecular complexity index is 554. The summed E-state index contributed by atoms with van der Waals surface area (Å²) in [5.74, 6) is 0. The van der Waals surface area contributed by atoms with Gasteiger partial charge in [0.05, 0.1) is 0 Å². The van der Waals surface area contributed by atoms with Crippen molar-refractivity contribution in [2.75, 3.05) is 12.8 Å². The minimum atomic E-state index is 0.306. The van der Waals surface area contributed by atoms with E-state index in [4.69, 9.17) is 17.3 Å². The van der Waals surface area contributed by atoms with Crippen molar-refractivity contribution in [2.45, 2.75) is 19.5 Å². The van der Waals surface area contributed by atoms with Crippen LogP contribution in [0.15, 0.2) is 48.5 Å². The third kappa shape index (κ3) is 3.72. The molecular weight excluding hydrogens is 256 g/mol. The molecular formula is C16H19ClN2. The van der Waals surface area contributed by atoms with E-state index in [1.807, 2.05) is 36.4 Å². The summed E-state index contributed by atoms with van der Waals surface area (Å²) in [4.78, 5) is 2.28. The molecule has 0 aliphatic heterocycles. The molecule has 3 heteroatoms. The molecule has 0 bridgehead atoms. The van der Waals surface area contributed by atoms with E-state index in [2.05, 4.69) is 31.0 Å². The van der Waals surface area contributed by atoms with Gasteiger partial charge in [-0.3, -0.25) is 4.90 Å². The monoisotopic (exact) mass is 274 g/mol. The highest BCUT2D eigenvalue weighted by Gasteiger charge is 2.12. The van der Waals surface area contributed by atoms with Crippen LogP contribution in [-0.2, 0) is 6.54 Å². The molecule has 0 aliphatic rings. The number of halogens is 1. The maximum absolute atomic E-state index is 6.04. The van der Waals surface area contributed by atoms with Gasteiger partial charge in [0.15, 0.2) is 0 Å². The number of hydrogen-bond donors (Lipinski definition) is 1. The molecule has 19 heavy (non-hydrogen) atoms. The molecule has 0 aliphatic carbocycles. The lowest BCUT2D eigenvalue weighted by Crippen LogP contribution is -2.21. The van der Waals surface area contributed by atoms with Crippen LogP contribution in [0.1, 0.15) is 24.1 Å². The fourth-order valence-electron chi connectivity index (χ4n) is 2.14. The first-order valence-electron chi connectivity index (χ1n) is 6.36. The van der Waals surface area contributed by atoms with Crippen LogP contribution in [0.4, 0.5) is 5.69 Å².